The number of rotatable bonds is 6. The molecule has 0 radical (unpaired) electrons. The average molecular weight is 313 g/mol. The molecule has 0 fully saturated rings. The van der Waals surface area contributed by atoms with Crippen molar-refractivity contribution < 1.29 is 0 Å². The summed E-state index contributed by atoms with van der Waals surface area (Å²) in [5.74, 6) is 1.46. The van der Waals surface area contributed by atoms with Gasteiger partial charge in [-0.1, -0.05) is 41.6 Å². The molecule has 0 saturated carbocycles. The standard InChI is InChI=1S/C23H36/c1-14-15(2)19(6)22(18(14)5)12-10-9-11-13-23-20(7)16(3)17(4)21(23)8/h22-23H,9-13H2,1-8H3. The Morgan fingerprint density at radius 1 is 0.435 bits per heavy atom. The van der Waals surface area contributed by atoms with Crippen LogP contribution in [0.15, 0.2) is 44.6 Å². The first-order valence-electron chi connectivity index (χ1n) is 9.47. The largest absolute Gasteiger partial charge is 0.0630 e. The number of unbranched alkanes of at least 4 members (excludes halogenated alkanes) is 2. The van der Waals surface area contributed by atoms with Crippen LogP contribution in [0.3, 0.4) is 0 Å². The van der Waals surface area contributed by atoms with Crippen molar-refractivity contribution in [2.24, 2.45) is 11.8 Å². The molecule has 0 saturated heterocycles. The van der Waals surface area contributed by atoms with Crippen LogP contribution in [0.4, 0.5) is 0 Å². The molecule has 0 unspecified atom stereocenters. The van der Waals surface area contributed by atoms with E-state index < -0.39 is 0 Å². The maximum Gasteiger partial charge on any atom is 0.00130 e. The van der Waals surface area contributed by atoms with Gasteiger partial charge in [-0.15, -0.1) is 0 Å². The quantitative estimate of drug-likeness (QED) is 0.444. The Morgan fingerprint density at radius 3 is 0.957 bits per heavy atom. The molecule has 0 heteroatoms. The van der Waals surface area contributed by atoms with Crippen molar-refractivity contribution in [3.05, 3.63) is 44.6 Å². The summed E-state index contributed by atoms with van der Waals surface area (Å²) in [6.45, 7) is 18.5. The zero-order valence-corrected chi connectivity index (χ0v) is 16.7. The smallest absolute Gasteiger partial charge is 0.00130 e. The fourth-order valence-corrected chi connectivity index (χ4v) is 4.62. The van der Waals surface area contributed by atoms with Gasteiger partial charge in [0.1, 0.15) is 0 Å². The lowest BCUT2D eigenvalue weighted by molar-refractivity contribution is 0.525. The van der Waals surface area contributed by atoms with E-state index in [-0.39, 0.29) is 0 Å². The average Bonchev–Trinajstić information content (AvgIpc) is 2.83. The van der Waals surface area contributed by atoms with Gasteiger partial charge >= 0.3 is 0 Å². The molecule has 0 aromatic rings. The molecule has 0 heterocycles. The zero-order valence-electron chi connectivity index (χ0n) is 16.7. The van der Waals surface area contributed by atoms with E-state index in [1.54, 1.807) is 44.6 Å². The highest BCUT2D eigenvalue weighted by molar-refractivity contribution is 5.46. The van der Waals surface area contributed by atoms with Gasteiger partial charge in [0, 0.05) is 11.8 Å². The van der Waals surface area contributed by atoms with E-state index in [9.17, 15) is 0 Å². The monoisotopic (exact) mass is 312 g/mol. The highest BCUT2D eigenvalue weighted by Gasteiger charge is 2.25. The Labute approximate surface area is 144 Å². The molecule has 0 aliphatic heterocycles. The molecule has 0 N–H and O–H groups in total. The first-order chi connectivity index (χ1) is 10.8. The Hall–Kier alpha value is -1.04. The van der Waals surface area contributed by atoms with Crippen LogP contribution in [0.1, 0.15) is 87.5 Å². The lowest BCUT2D eigenvalue weighted by atomic mass is 9.88. The molecule has 2 aliphatic rings. The fourth-order valence-electron chi connectivity index (χ4n) is 4.62. The van der Waals surface area contributed by atoms with Crippen LogP contribution in [0, 0.1) is 11.8 Å². The first-order valence-corrected chi connectivity index (χ1v) is 9.47. The second-order valence-electron chi connectivity index (χ2n) is 7.98. The molecule has 0 aromatic carbocycles. The maximum absolute atomic E-state index is 2.34. The summed E-state index contributed by atoms with van der Waals surface area (Å²) in [6, 6.07) is 0. The van der Waals surface area contributed by atoms with Crippen LogP contribution in [0.25, 0.3) is 0 Å². The predicted octanol–water partition coefficient (Wildman–Crippen LogP) is 7.54. The maximum atomic E-state index is 2.34. The molecule has 23 heavy (non-hydrogen) atoms. The van der Waals surface area contributed by atoms with Crippen LogP contribution < -0.4 is 0 Å². The van der Waals surface area contributed by atoms with E-state index >= 15 is 0 Å². The van der Waals surface area contributed by atoms with Gasteiger partial charge in [0.15, 0.2) is 0 Å². The molecular formula is C23H36. The van der Waals surface area contributed by atoms with Crippen molar-refractivity contribution in [1.82, 2.24) is 0 Å². The van der Waals surface area contributed by atoms with Gasteiger partial charge in [-0.2, -0.15) is 0 Å². The van der Waals surface area contributed by atoms with Crippen molar-refractivity contribution in [3.8, 4) is 0 Å². The number of allylic oxidation sites excluding steroid dienone is 8. The molecule has 0 amide bonds. The van der Waals surface area contributed by atoms with E-state index in [0.717, 1.165) is 11.8 Å². The number of hydrogen-bond acceptors (Lipinski definition) is 0. The topological polar surface area (TPSA) is 0 Å². The normalized spacial score (nSPS) is 20.9. The van der Waals surface area contributed by atoms with E-state index in [0.29, 0.717) is 0 Å². The fraction of sp³-hybridized carbons (Fsp3) is 0.652. The van der Waals surface area contributed by atoms with E-state index in [1.165, 1.54) is 32.1 Å². The summed E-state index contributed by atoms with van der Waals surface area (Å²) >= 11 is 0. The number of hydrogen-bond donors (Lipinski definition) is 0. The summed E-state index contributed by atoms with van der Waals surface area (Å²) in [7, 11) is 0. The Morgan fingerprint density at radius 2 is 0.696 bits per heavy atom. The van der Waals surface area contributed by atoms with E-state index in [2.05, 4.69) is 55.4 Å². The van der Waals surface area contributed by atoms with Crippen LogP contribution >= 0.6 is 0 Å². The molecule has 0 nitrogen and oxygen atoms in total. The SMILES string of the molecule is CC1=C(C)C(CCCCCC2C(C)=C(C)C(C)=C2C)C(C)=C1C. The minimum Gasteiger partial charge on any atom is -0.0630 e. The minimum atomic E-state index is 0.731. The molecule has 0 aromatic heterocycles. The second-order valence-corrected chi connectivity index (χ2v) is 7.98. The van der Waals surface area contributed by atoms with Gasteiger partial charge in [-0.3, -0.25) is 0 Å². The molecular weight excluding hydrogens is 276 g/mol. The lowest BCUT2D eigenvalue weighted by Crippen LogP contribution is -2.03. The Balaban J connectivity index is 1.78. The molecule has 0 spiro atoms. The second kappa shape index (κ2) is 7.24. The third-order valence-electron chi connectivity index (χ3n) is 7.07. The van der Waals surface area contributed by atoms with Crippen LogP contribution in [-0.4, -0.2) is 0 Å². The van der Waals surface area contributed by atoms with Gasteiger partial charge in [0.05, 0.1) is 0 Å². The van der Waals surface area contributed by atoms with Crippen molar-refractivity contribution in [3.63, 3.8) is 0 Å². The first kappa shape index (κ1) is 18.3. The molecule has 0 atom stereocenters. The molecule has 128 valence electrons. The van der Waals surface area contributed by atoms with Crippen molar-refractivity contribution in [2.75, 3.05) is 0 Å². The van der Waals surface area contributed by atoms with Crippen LogP contribution in [0.2, 0.25) is 0 Å². The van der Waals surface area contributed by atoms with Gasteiger partial charge in [-0.05, 0) is 90.5 Å². The highest BCUT2D eigenvalue weighted by atomic mass is 14.3. The Bertz CT molecular complexity index is 502. The minimum absolute atomic E-state index is 0.731. The van der Waals surface area contributed by atoms with Gasteiger partial charge in [0.2, 0.25) is 0 Å². The third kappa shape index (κ3) is 3.42. The van der Waals surface area contributed by atoms with Gasteiger partial charge in [-0.25, -0.2) is 0 Å². The van der Waals surface area contributed by atoms with Crippen LogP contribution in [0.5, 0.6) is 0 Å². The van der Waals surface area contributed by atoms with E-state index in [1.807, 2.05) is 0 Å². The zero-order chi connectivity index (χ0) is 17.3. The summed E-state index contributed by atoms with van der Waals surface area (Å²) in [5.41, 5.74) is 12.7. The van der Waals surface area contributed by atoms with Crippen molar-refractivity contribution in [2.45, 2.75) is 87.5 Å². The van der Waals surface area contributed by atoms with Crippen LogP contribution in [-0.2, 0) is 0 Å². The highest BCUT2D eigenvalue weighted by Crippen LogP contribution is 2.41. The van der Waals surface area contributed by atoms with Gasteiger partial charge in [0.25, 0.3) is 0 Å². The van der Waals surface area contributed by atoms with Crippen molar-refractivity contribution >= 4 is 0 Å². The molecule has 0 bridgehead atoms. The summed E-state index contributed by atoms with van der Waals surface area (Å²) in [4.78, 5) is 0. The van der Waals surface area contributed by atoms with E-state index in [4.69, 9.17) is 0 Å². The predicted molar refractivity (Wildman–Crippen MR) is 104 cm³/mol. The summed E-state index contributed by atoms with van der Waals surface area (Å²) < 4.78 is 0. The lowest BCUT2D eigenvalue weighted by Gasteiger charge is -2.17. The molecule has 2 aliphatic carbocycles. The van der Waals surface area contributed by atoms with Crippen molar-refractivity contribution in [1.29, 1.82) is 0 Å². The third-order valence-corrected chi connectivity index (χ3v) is 7.07. The Kier molecular flexibility index (Phi) is 5.76. The molecule has 2 rings (SSSR count). The van der Waals surface area contributed by atoms with Gasteiger partial charge < -0.3 is 0 Å². The summed E-state index contributed by atoms with van der Waals surface area (Å²) in [5, 5.41) is 0. The summed E-state index contributed by atoms with van der Waals surface area (Å²) in [6.07, 6.45) is 6.81.